The molecule has 3 aromatic rings. The maximum atomic E-state index is 10.7. The predicted octanol–water partition coefficient (Wildman–Crippen LogP) is 2.58. The SMILES string of the molecule is CN(C1CCCCC1)[C@H](c1cnn(C)c1)c1sc2ncnn2c1O. The van der Waals surface area contributed by atoms with E-state index in [-0.39, 0.29) is 11.9 Å². The number of aryl methyl sites for hydroxylation is 1. The molecule has 24 heavy (non-hydrogen) atoms. The molecule has 128 valence electrons. The first kappa shape index (κ1) is 15.6. The van der Waals surface area contributed by atoms with Gasteiger partial charge in [-0.2, -0.15) is 14.7 Å². The number of nitrogens with zero attached hydrogens (tertiary/aromatic N) is 6. The van der Waals surface area contributed by atoms with Crippen molar-refractivity contribution in [2.75, 3.05) is 7.05 Å². The molecule has 3 heterocycles. The lowest BCUT2D eigenvalue weighted by atomic mass is 9.92. The number of aromatic hydroxyl groups is 1. The highest BCUT2D eigenvalue weighted by molar-refractivity contribution is 7.17. The quantitative estimate of drug-likeness (QED) is 0.786. The second-order valence-corrected chi connectivity index (χ2v) is 7.56. The maximum absolute atomic E-state index is 10.7. The summed E-state index contributed by atoms with van der Waals surface area (Å²) in [5.41, 5.74) is 1.09. The van der Waals surface area contributed by atoms with Crippen molar-refractivity contribution < 1.29 is 5.11 Å². The zero-order valence-electron chi connectivity index (χ0n) is 14.0. The summed E-state index contributed by atoms with van der Waals surface area (Å²) in [7, 11) is 4.08. The Morgan fingerprint density at radius 2 is 2.08 bits per heavy atom. The third kappa shape index (κ3) is 2.59. The van der Waals surface area contributed by atoms with Gasteiger partial charge in [0.15, 0.2) is 0 Å². The van der Waals surface area contributed by atoms with Gasteiger partial charge in [0, 0.05) is 24.8 Å². The average molecular weight is 346 g/mol. The fraction of sp³-hybridized carbons (Fsp3) is 0.562. The number of fused-ring (bicyclic) bond motifs is 1. The molecule has 7 nitrogen and oxygen atoms in total. The summed E-state index contributed by atoms with van der Waals surface area (Å²) in [5.74, 6) is 0.184. The molecule has 0 aliphatic heterocycles. The van der Waals surface area contributed by atoms with E-state index >= 15 is 0 Å². The van der Waals surface area contributed by atoms with E-state index in [1.807, 2.05) is 24.1 Å². The van der Waals surface area contributed by atoms with Gasteiger partial charge in [-0.3, -0.25) is 9.58 Å². The molecule has 3 aromatic heterocycles. The fourth-order valence-corrected chi connectivity index (χ4v) is 4.83. The van der Waals surface area contributed by atoms with E-state index in [0.29, 0.717) is 11.0 Å². The smallest absolute Gasteiger partial charge is 0.230 e. The van der Waals surface area contributed by atoms with Crippen LogP contribution in [0.1, 0.15) is 48.6 Å². The highest BCUT2D eigenvalue weighted by Gasteiger charge is 2.32. The van der Waals surface area contributed by atoms with Gasteiger partial charge in [0.2, 0.25) is 10.8 Å². The van der Waals surface area contributed by atoms with Crippen LogP contribution in [0.4, 0.5) is 0 Å². The van der Waals surface area contributed by atoms with Crippen molar-refractivity contribution in [3.8, 4) is 5.88 Å². The Balaban J connectivity index is 1.77. The Morgan fingerprint density at radius 1 is 1.29 bits per heavy atom. The Bertz CT molecular complexity index is 831. The minimum atomic E-state index is -0.0321. The number of rotatable bonds is 4. The summed E-state index contributed by atoms with van der Waals surface area (Å²) in [4.78, 5) is 8.21. The zero-order chi connectivity index (χ0) is 16.7. The van der Waals surface area contributed by atoms with Crippen LogP contribution in [-0.2, 0) is 7.05 Å². The van der Waals surface area contributed by atoms with E-state index in [1.165, 1.54) is 54.3 Å². The van der Waals surface area contributed by atoms with Gasteiger partial charge in [-0.05, 0) is 19.9 Å². The second-order valence-electron chi connectivity index (χ2n) is 6.55. The van der Waals surface area contributed by atoms with Gasteiger partial charge < -0.3 is 5.11 Å². The third-order valence-corrected chi connectivity index (χ3v) is 6.07. The summed E-state index contributed by atoms with van der Waals surface area (Å²) >= 11 is 1.50. The van der Waals surface area contributed by atoms with Gasteiger partial charge >= 0.3 is 0 Å². The third-order valence-electron chi connectivity index (χ3n) is 4.99. The average Bonchev–Trinajstić information content (AvgIpc) is 3.29. The minimum Gasteiger partial charge on any atom is -0.492 e. The molecular formula is C16H22N6OS. The van der Waals surface area contributed by atoms with E-state index < -0.39 is 0 Å². The first-order valence-electron chi connectivity index (χ1n) is 8.37. The Morgan fingerprint density at radius 3 is 2.75 bits per heavy atom. The van der Waals surface area contributed by atoms with E-state index in [2.05, 4.69) is 27.1 Å². The van der Waals surface area contributed by atoms with Gasteiger partial charge in [-0.25, -0.2) is 4.98 Å². The largest absolute Gasteiger partial charge is 0.492 e. The van der Waals surface area contributed by atoms with Crippen molar-refractivity contribution in [1.29, 1.82) is 0 Å². The lowest BCUT2D eigenvalue weighted by Gasteiger charge is -2.36. The molecule has 1 N–H and O–H groups in total. The normalized spacial score (nSPS) is 17.8. The molecule has 4 rings (SSSR count). The molecule has 8 heteroatoms. The van der Waals surface area contributed by atoms with Crippen LogP contribution < -0.4 is 0 Å². The van der Waals surface area contributed by atoms with Gasteiger partial charge in [0.25, 0.3) is 0 Å². The van der Waals surface area contributed by atoms with Crippen LogP contribution in [0.25, 0.3) is 4.96 Å². The van der Waals surface area contributed by atoms with Crippen LogP contribution in [0, 0.1) is 0 Å². The molecule has 1 aliphatic rings. The highest BCUT2D eigenvalue weighted by Crippen LogP contribution is 2.41. The maximum Gasteiger partial charge on any atom is 0.230 e. The molecule has 0 aromatic carbocycles. The first-order valence-corrected chi connectivity index (χ1v) is 9.18. The van der Waals surface area contributed by atoms with E-state index in [4.69, 9.17) is 0 Å². The van der Waals surface area contributed by atoms with Crippen molar-refractivity contribution in [1.82, 2.24) is 29.3 Å². The predicted molar refractivity (Wildman–Crippen MR) is 92.2 cm³/mol. The van der Waals surface area contributed by atoms with E-state index in [0.717, 1.165) is 10.4 Å². The summed E-state index contributed by atoms with van der Waals surface area (Å²) < 4.78 is 3.32. The molecule has 1 saturated carbocycles. The topological polar surface area (TPSA) is 71.5 Å². The molecule has 0 unspecified atom stereocenters. The molecule has 0 spiro atoms. The van der Waals surface area contributed by atoms with Gasteiger partial charge in [0.1, 0.15) is 6.33 Å². The van der Waals surface area contributed by atoms with Crippen LogP contribution in [0.3, 0.4) is 0 Å². The van der Waals surface area contributed by atoms with Gasteiger partial charge in [0.05, 0.1) is 17.1 Å². The van der Waals surface area contributed by atoms with Gasteiger partial charge in [-0.15, -0.1) is 0 Å². The standard InChI is InChI=1S/C16H22N6OS/c1-20-9-11(8-18-20)13(21(2)12-6-4-3-5-7-12)14-15(23)22-16(24-14)17-10-19-22/h8-10,12-13,23H,3-7H2,1-2H3/t13-/m1/s1. The second kappa shape index (κ2) is 6.18. The summed E-state index contributed by atoms with van der Waals surface area (Å²) in [6, 6.07) is 0.487. The van der Waals surface area contributed by atoms with Crippen molar-refractivity contribution in [2.45, 2.75) is 44.2 Å². The zero-order valence-corrected chi connectivity index (χ0v) is 14.8. The number of hydrogen-bond donors (Lipinski definition) is 1. The van der Waals surface area contributed by atoms with Crippen molar-refractivity contribution >= 4 is 16.3 Å². The van der Waals surface area contributed by atoms with Crippen LogP contribution in [0.5, 0.6) is 5.88 Å². The van der Waals surface area contributed by atoms with Crippen molar-refractivity contribution in [3.63, 3.8) is 0 Å². The lowest BCUT2D eigenvalue weighted by Crippen LogP contribution is -2.36. The molecule has 1 aliphatic carbocycles. The van der Waals surface area contributed by atoms with Crippen molar-refractivity contribution in [2.24, 2.45) is 7.05 Å². The Kier molecular flexibility index (Phi) is 4.01. The van der Waals surface area contributed by atoms with Crippen LogP contribution in [0.15, 0.2) is 18.7 Å². The summed E-state index contributed by atoms with van der Waals surface area (Å²) in [6.07, 6.45) is 11.7. The summed E-state index contributed by atoms with van der Waals surface area (Å²) in [5, 5.41) is 19.1. The Labute approximate surface area is 144 Å². The number of aromatic nitrogens is 5. The van der Waals surface area contributed by atoms with Gasteiger partial charge in [-0.1, -0.05) is 30.6 Å². The highest BCUT2D eigenvalue weighted by atomic mass is 32.1. The first-order chi connectivity index (χ1) is 11.6. The van der Waals surface area contributed by atoms with Crippen LogP contribution >= 0.6 is 11.3 Å². The van der Waals surface area contributed by atoms with Crippen LogP contribution in [-0.4, -0.2) is 47.5 Å². The van der Waals surface area contributed by atoms with Crippen molar-refractivity contribution in [3.05, 3.63) is 29.2 Å². The van der Waals surface area contributed by atoms with E-state index in [9.17, 15) is 5.11 Å². The fourth-order valence-electron chi connectivity index (χ4n) is 3.72. The minimum absolute atomic E-state index is 0.0321. The molecule has 1 atom stereocenters. The molecule has 0 radical (unpaired) electrons. The molecule has 0 amide bonds. The molecule has 1 fully saturated rings. The van der Waals surface area contributed by atoms with E-state index in [1.54, 1.807) is 0 Å². The lowest BCUT2D eigenvalue weighted by molar-refractivity contribution is 0.157. The molecular weight excluding hydrogens is 324 g/mol. The Hall–Kier alpha value is -1.93. The molecule has 0 saturated heterocycles. The number of thiazole rings is 1. The number of hydrogen-bond acceptors (Lipinski definition) is 6. The monoisotopic (exact) mass is 346 g/mol. The summed E-state index contributed by atoms with van der Waals surface area (Å²) in [6.45, 7) is 0. The van der Waals surface area contributed by atoms with Crippen LogP contribution in [0.2, 0.25) is 0 Å². The molecule has 0 bridgehead atoms.